The Hall–Kier alpha value is -2.11. The molecule has 0 bridgehead atoms. The standard InChI is InChI=1S/C13H15F2NO3/c1-3-12(17)16-7-6-9-4-5-10(19-13(14)15)11(8-9)18-2/h3-5,8,13H,1,6-7H2,2H3,(H,16,17). The van der Waals surface area contributed by atoms with Gasteiger partial charge in [0, 0.05) is 6.54 Å². The number of halogens is 2. The van der Waals surface area contributed by atoms with Crippen molar-refractivity contribution in [3.63, 3.8) is 0 Å². The second kappa shape index (κ2) is 7.35. The van der Waals surface area contributed by atoms with Crippen molar-refractivity contribution >= 4 is 5.91 Å². The van der Waals surface area contributed by atoms with Gasteiger partial charge in [-0.1, -0.05) is 12.6 Å². The molecule has 6 heteroatoms. The zero-order chi connectivity index (χ0) is 14.3. The fraction of sp³-hybridized carbons (Fsp3) is 0.308. The molecule has 0 saturated carbocycles. The maximum atomic E-state index is 12.1. The van der Waals surface area contributed by atoms with Crippen molar-refractivity contribution in [2.24, 2.45) is 0 Å². The van der Waals surface area contributed by atoms with E-state index in [2.05, 4.69) is 16.6 Å². The van der Waals surface area contributed by atoms with Gasteiger partial charge in [-0.05, 0) is 30.2 Å². The Morgan fingerprint density at radius 2 is 2.21 bits per heavy atom. The number of rotatable bonds is 7. The second-order valence-corrected chi connectivity index (χ2v) is 3.61. The van der Waals surface area contributed by atoms with Crippen LogP contribution >= 0.6 is 0 Å². The smallest absolute Gasteiger partial charge is 0.387 e. The number of alkyl halides is 2. The zero-order valence-corrected chi connectivity index (χ0v) is 10.5. The number of methoxy groups -OCH3 is 1. The molecule has 0 aliphatic heterocycles. The van der Waals surface area contributed by atoms with Crippen molar-refractivity contribution in [2.45, 2.75) is 13.0 Å². The topological polar surface area (TPSA) is 47.6 Å². The summed E-state index contributed by atoms with van der Waals surface area (Å²) in [4.78, 5) is 10.9. The van der Waals surface area contributed by atoms with E-state index in [1.54, 1.807) is 12.1 Å². The number of amides is 1. The number of carbonyl (C=O) groups excluding carboxylic acids is 1. The van der Waals surface area contributed by atoms with Crippen LogP contribution in [0.15, 0.2) is 30.9 Å². The molecular formula is C13H15F2NO3. The van der Waals surface area contributed by atoms with Gasteiger partial charge in [0.2, 0.25) is 5.91 Å². The molecule has 1 amide bonds. The molecule has 1 aromatic rings. The number of hydrogen-bond acceptors (Lipinski definition) is 3. The van der Waals surface area contributed by atoms with Gasteiger partial charge in [0.15, 0.2) is 11.5 Å². The van der Waals surface area contributed by atoms with Crippen LogP contribution in [0.5, 0.6) is 11.5 Å². The molecule has 19 heavy (non-hydrogen) atoms. The van der Waals surface area contributed by atoms with Crippen molar-refractivity contribution in [2.75, 3.05) is 13.7 Å². The highest BCUT2D eigenvalue weighted by Crippen LogP contribution is 2.29. The average Bonchev–Trinajstić information content (AvgIpc) is 2.39. The first kappa shape index (κ1) is 14.9. The molecule has 0 heterocycles. The van der Waals surface area contributed by atoms with Crippen LogP contribution in [0.1, 0.15) is 5.56 Å². The van der Waals surface area contributed by atoms with Crippen LogP contribution in [0.4, 0.5) is 8.78 Å². The van der Waals surface area contributed by atoms with Gasteiger partial charge in [-0.15, -0.1) is 0 Å². The molecule has 1 N–H and O–H groups in total. The molecule has 0 fully saturated rings. The van der Waals surface area contributed by atoms with Crippen molar-refractivity contribution < 1.29 is 23.0 Å². The number of hydrogen-bond donors (Lipinski definition) is 1. The summed E-state index contributed by atoms with van der Waals surface area (Å²) in [5.41, 5.74) is 0.836. The highest BCUT2D eigenvalue weighted by atomic mass is 19.3. The van der Waals surface area contributed by atoms with Crippen molar-refractivity contribution in [1.29, 1.82) is 0 Å². The van der Waals surface area contributed by atoms with Gasteiger partial charge < -0.3 is 14.8 Å². The van der Waals surface area contributed by atoms with Gasteiger partial charge in [0.05, 0.1) is 7.11 Å². The lowest BCUT2D eigenvalue weighted by atomic mass is 10.1. The predicted molar refractivity (Wildman–Crippen MR) is 66.5 cm³/mol. The third-order valence-electron chi connectivity index (χ3n) is 2.34. The first-order valence-electron chi connectivity index (χ1n) is 5.58. The lowest BCUT2D eigenvalue weighted by Gasteiger charge is -2.11. The first-order chi connectivity index (χ1) is 9.06. The Kier molecular flexibility index (Phi) is 5.78. The highest BCUT2D eigenvalue weighted by Gasteiger charge is 2.10. The Morgan fingerprint density at radius 3 is 2.79 bits per heavy atom. The lowest BCUT2D eigenvalue weighted by molar-refractivity contribution is -0.116. The Morgan fingerprint density at radius 1 is 1.47 bits per heavy atom. The summed E-state index contributed by atoms with van der Waals surface area (Å²) in [7, 11) is 1.37. The van der Waals surface area contributed by atoms with Crippen LogP contribution in [0.3, 0.4) is 0 Å². The SMILES string of the molecule is C=CC(=O)NCCc1ccc(OC(F)F)c(OC)c1. The van der Waals surface area contributed by atoms with Crippen LogP contribution in [0.25, 0.3) is 0 Å². The summed E-state index contributed by atoms with van der Waals surface area (Å²) in [5.74, 6) is -0.0474. The molecule has 0 atom stereocenters. The van der Waals surface area contributed by atoms with E-state index in [0.29, 0.717) is 13.0 Å². The van der Waals surface area contributed by atoms with E-state index < -0.39 is 6.61 Å². The van der Waals surface area contributed by atoms with Crippen LogP contribution in [0, 0.1) is 0 Å². The fourth-order valence-electron chi connectivity index (χ4n) is 1.46. The van der Waals surface area contributed by atoms with Gasteiger partial charge in [0.1, 0.15) is 0 Å². The number of nitrogens with one attached hydrogen (secondary N) is 1. The van der Waals surface area contributed by atoms with Gasteiger partial charge in [-0.2, -0.15) is 8.78 Å². The maximum Gasteiger partial charge on any atom is 0.387 e. The van der Waals surface area contributed by atoms with Gasteiger partial charge in [-0.25, -0.2) is 0 Å². The molecule has 104 valence electrons. The molecule has 1 rings (SSSR count). The van der Waals surface area contributed by atoms with Gasteiger partial charge in [-0.3, -0.25) is 4.79 Å². The highest BCUT2D eigenvalue weighted by molar-refractivity contribution is 5.86. The first-order valence-corrected chi connectivity index (χ1v) is 5.58. The molecular weight excluding hydrogens is 256 g/mol. The molecule has 0 aliphatic carbocycles. The number of carbonyl (C=O) groups is 1. The van der Waals surface area contributed by atoms with E-state index >= 15 is 0 Å². The summed E-state index contributed by atoms with van der Waals surface area (Å²) >= 11 is 0. The van der Waals surface area contributed by atoms with E-state index in [4.69, 9.17) is 4.74 Å². The van der Waals surface area contributed by atoms with E-state index in [0.717, 1.165) is 5.56 Å². The van der Waals surface area contributed by atoms with Crippen molar-refractivity contribution in [1.82, 2.24) is 5.32 Å². The van der Waals surface area contributed by atoms with E-state index in [1.165, 1.54) is 19.3 Å². The summed E-state index contributed by atoms with van der Waals surface area (Å²) in [6.07, 6.45) is 1.73. The Bertz CT molecular complexity index is 450. The minimum Gasteiger partial charge on any atom is -0.493 e. The molecule has 4 nitrogen and oxygen atoms in total. The molecule has 0 aliphatic rings. The quantitative estimate of drug-likeness (QED) is 0.773. The second-order valence-electron chi connectivity index (χ2n) is 3.61. The van der Waals surface area contributed by atoms with Gasteiger partial charge >= 0.3 is 6.61 Å². The summed E-state index contributed by atoms with van der Waals surface area (Å²) < 4.78 is 33.6. The third-order valence-corrected chi connectivity index (χ3v) is 2.34. The largest absolute Gasteiger partial charge is 0.493 e. The van der Waals surface area contributed by atoms with Crippen molar-refractivity contribution in [3.05, 3.63) is 36.4 Å². The maximum absolute atomic E-state index is 12.1. The summed E-state index contributed by atoms with van der Waals surface area (Å²) in [6.45, 7) is 0.856. The number of benzene rings is 1. The third kappa shape index (κ3) is 4.95. The van der Waals surface area contributed by atoms with Crippen LogP contribution in [0.2, 0.25) is 0 Å². The minimum absolute atomic E-state index is 0.0172. The van der Waals surface area contributed by atoms with Crippen LogP contribution in [-0.2, 0) is 11.2 Å². The molecule has 0 radical (unpaired) electrons. The van der Waals surface area contributed by atoms with Gasteiger partial charge in [0.25, 0.3) is 0 Å². The Balaban J connectivity index is 2.65. The zero-order valence-electron chi connectivity index (χ0n) is 10.5. The number of ether oxygens (including phenoxy) is 2. The minimum atomic E-state index is -2.90. The van der Waals surface area contributed by atoms with E-state index in [1.807, 2.05) is 0 Å². The fourth-order valence-corrected chi connectivity index (χ4v) is 1.46. The predicted octanol–water partition coefficient (Wildman–Crippen LogP) is 2.14. The summed E-state index contributed by atoms with van der Waals surface area (Å²) in [5, 5.41) is 2.62. The average molecular weight is 271 g/mol. The summed E-state index contributed by atoms with van der Waals surface area (Å²) in [6, 6.07) is 4.65. The normalized spacial score (nSPS) is 10.1. The van der Waals surface area contributed by atoms with E-state index in [9.17, 15) is 13.6 Å². The Labute approximate surface area is 110 Å². The lowest BCUT2D eigenvalue weighted by Crippen LogP contribution is -2.23. The molecule has 0 unspecified atom stereocenters. The van der Waals surface area contributed by atoms with Crippen molar-refractivity contribution in [3.8, 4) is 11.5 Å². The molecule has 1 aromatic carbocycles. The van der Waals surface area contributed by atoms with Crippen LogP contribution in [-0.4, -0.2) is 26.2 Å². The monoisotopic (exact) mass is 271 g/mol. The molecule has 0 aromatic heterocycles. The van der Waals surface area contributed by atoms with Crippen LogP contribution < -0.4 is 14.8 Å². The molecule has 0 spiro atoms. The van der Waals surface area contributed by atoms with E-state index in [-0.39, 0.29) is 17.4 Å². The molecule has 0 saturated heterocycles.